The quantitative estimate of drug-likeness (QED) is 0.501. The maximum atomic E-state index is 11.7. The molecule has 0 saturated heterocycles. The largest absolute Gasteiger partial charge is 0.480 e. The molecule has 122 valence electrons. The van der Waals surface area contributed by atoms with Gasteiger partial charge in [0.1, 0.15) is 6.04 Å². The molecule has 0 aliphatic carbocycles. The van der Waals surface area contributed by atoms with E-state index in [1.807, 2.05) is 4.72 Å². The van der Waals surface area contributed by atoms with Crippen LogP contribution >= 0.6 is 0 Å². The van der Waals surface area contributed by atoms with Crippen LogP contribution in [0.5, 0.6) is 0 Å². The number of hydrogen-bond acceptors (Lipinski definition) is 7. The fourth-order valence-corrected chi connectivity index (χ4v) is 2.53. The Kier molecular flexibility index (Phi) is 8.55. The summed E-state index contributed by atoms with van der Waals surface area (Å²) in [5.74, 6) is -3.34. The van der Waals surface area contributed by atoms with E-state index >= 15 is 0 Å². The molecule has 0 spiro atoms. The normalized spacial score (nSPS) is 12.5. The third-order valence-electron chi connectivity index (χ3n) is 2.36. The van der Waals surface area contributed by atoms with Crippen LogP contribution in [0.15, 0.2) is 0 Å². The van der Waals surface area contributed by atoms with Crippen molar-refractivity contribution < 1.29 is 37.4 Å². The van der Waals surface area contributed by atoms with E-state index < -0.39 is 39.7 Å². The predicted molar refractivity (Wildman–Crippen MR) is 70.8 cm³/mol. The number of rotatable bonds is 10. The molecule has 0 aliphatic rings. The second-order valence-corrected chi connectivity index (χ2v) is 5.87. The first kappa shape index (κ1) is 19.3. The van der Waals surface area contributed by atoms with Crippen molar-refractivity contribution in [3.05, 3.63) is 0 Å². The fraction of sp³-hybridized carbons (Fsp3) is 0.727. The summed E-state index contributed by atoms with van der Waals surface area (Å²) < 4.78 is 34.2. The van der Waals surface area contributed by atoms with Gasteiger partial charge in [0, 0.05) is 6.42 Å². The molecule has 0 aromatic heterocycles. The lowest BCUT2D eigenvalue weighted by Gasteiger charge is -2.14. The molecule has 0 fully saturated rings. The summed E-state index contributed by atoms with van der Waals surface area (Å²) in [7, 11) is -2.84. The second kappa shape index (κ2) is 9.29. The topological polar surface area (TPSA) is 136 Å². The van der Waals surface area contributed by atoms with Gasteiger partial charge in [0.25, 0.3) is 0 Å². The number of aliphatic carboxylic acids is 1. The maximum Gasteiger partial charge on any atom is 0.321 e. The predicted octanol–water partition coefficient (Wildman–Crippen LogP) is -0.735. The number of nitrogens with one attached hydrogen (secondary N) is 1. The van der Waals surface area contributed by atoms with E-state index in [-0.39, 0.29) is 25.9 Å². The van der Waals surface area contributed by atoms with Gasteiger partial charge in [0.05, 0.1) is 25.9 Å². The van der Waals surface area contributed by atoms with Gasteiger partial charge < -0.3 is 14.6 Å². The molecule has 0 radical (unpaired) electrons. The monoisotopic (exact) mass is 325 g/mol. The van der Waals surface area contributed by atoms with Crippen molar-refractivity contribution in [3.63, 3.8) is 0 Å². The number of ether oxygens (including phenoxy) is 2. The van der Waals surface area contributed by atoms with Gasteiger partial charge in [-0.2, -0.15) is 0 Å². The highest BCUT2D eigenvalue weighted by atomic mass is 32.2. The van der Waals surface area contributed by atoms with Crippen LogP contribution in [0, 0.1) is 0 Å². The zero-order chi connectivity index (χ0) is 16.5. The molecule has 1 atom stereocenters. The Morgan fingerprint density at radius 1 is 1.19 bits per heavy atom. The average molecular weight is 325 g/mol. The molecule has 0 saturated carbocycles. The van der Waals surface area contributed by atoms with Crippen molar-refractivity contribution in [3.8, 4) is 0 Å². The van der Waals surface area contributed by atoms with E-state index in [1.165, 1.54) is 0 Å². The molecule has 0 aromatic rings. The first-order valence-corrected chi connectivity index (χ1v) is 7.82. The van der Waals surface area contributed by atoms with E-state index in [2.05, 4.69) is 9.47 Å². The summed E-state index contributed by atoms with van der Waals surface area (Å²) in [5.41, 5.74) is 0. The van der Waals surface area contributed by atoms with Crippen LogP contribution < -0.4 is 4.72 Å². The lowest BCUT2D eigenvalue weighted by molar-refractivity contribution is -0.143. The number of esters is 2. The van der Waals surface area contributed by atoms with Crippen LogP contribution in [0.4, 0.5) is 0 Å². The van der Waals surface area contributed by atoms with Crippen LogP contribution in [0.3, 0.4) is 0 Å². The molecule has 9 nitrogen and oxygen atoms in total. The van der Waals surface area contributed by atoms with E-state index in [1.54, 1.807) is 6.92 Å². The van der Waals surface area contributed by atoms with Crippen molar-refractivity contribution in [2.45, 2.75) is 32.2 Å². The summed E-state index contributed by atoms with van der Waals surface area (Å²) in [5, 5.41) is 8.91. The highest BCUT2D eigenvalue weighted by molar-refractivity contribution is 7.89. The summed E-state index contributed by atoms with van der Waals surface area (Å²) >= 11 is 0. The maximum absolute atomic E-state index is 11.7. The summed E-state index contributed by atoms with van der Waals surface area (Å²) in [6.07, 6.45) is -0.874. The SMILES string of the molecule is CCOC(=O)CCS(=O)(=O)NC(CCC(=O)OC)C(=O)O. The first-order valence-electron chi connectivity index (χ1n) is 6.17. The number of sulfonamides is 1. The van der Waals surface area contributed by atoms with Crippen molar-refractivity contribution in [1.29, 1.82) is 0 Å². The zero-order valence-electron chi connectivity index (χ0n) is 11.8. The molecule has 2 N–H and O–H groups in total. The van der Waals surface area contributed by atoms with E-state index in [0.717, 1.165) is 7.11 Å². The first-order chi connectivity index (χ1) is 9.71. The van der Waals surface area contributed by atoms with Crippen molar-refractivity contribution in [2.24, 2.45) is 0 Å². The van der Waals surface area contributed by atoms with Gasteiger partial charge >= 0.3 is 17.9 Å². The molecule has 1 unspecified atom stereocenters. The van der Waals surface area contributed by atoms with E-state index in [4.69, 9.17) is 5.11 Å². The Labute approximate surface area is 122 Å². The Morgan fingerprint density at radius 3 is 2.29 bits per heavy atom. The molecule has 0 rings (SSSR count). The Morgan fingerprint density at radius 2 is 1.81 bits per heavy atom. The van der Waals surface area contributed by atoms with Gasteiger partial charge in [-0.1, -0.05) is 0 Å². The van der Waals surface area contributed by atoms with Gasteiger partial charge in [-0.05, 0) is 13.3 Å². The molecular weight excluding hydrogens is 306 g/mol. The molecule has 0 heterocycles. The second-order valence-electron chi connectivity index (χ2n) is 4.00. The van der Waals surface area contributed by atoms with Crippen LogP contribution in [0.1, 0.15) is 26.2 Å². The van der Waals surface area contributed by atoms with Crippen LogP contribution in [-0.4, -0.2) is 56.9 Å². The number of methoxy groups -OCH3 is 1. The van der Waals surface area contributed by atoms with Crippen molar-refractivity contribution >= 4 is 27.9 Å². The fourth-order valence-electron chi connectivity index (χ4n) is 1.32. The zero-order valence-corrected chi connectivity index (χ0v) is 12.6. The van der Waals surface area contributed by atoms with Gasteiger partial charge in [-0.3, -0.25) is 14.4 Å². The average Bonchev–Trinajstić information content (AvgIpc) is 2.41. The van der Waals surface area contributed by atoms with Crippen molar-refractivity contribution in [2.75, 3.05) is 19.5 Å². The summed E-state index contributed by atoms with van der Waals surface area (Å²) in [4.78, 5) is 33.0. The van der Waals surface area contributed by atoms with E-state index in [0.29, 0.717) is 0 Å². The van der Waals surface area contributed by atoms with Gasteiger partial charge in [0.2, 0.25) is 10.0 Å². The van der Waals surface area contributed by atoms with Gasteiger partial charge in [-0.25, -0.2) is 13.1 Å². The Hall–Kier alpha value is -1.68. The van der Waals surface area contributed by atoms with Gasteiger partial charge in [0.15, 0.2) is 0 Å². The highest BCUT2D eigenvalue weighted by Crippen LogP contribution is 2.03. The smallest absolute Gasteiger partial charge is 0.321 e. The number of carboxylic acid groups (broad SMARTS) is 1. The minimum absolute atomic E-state index is 0.128. The highest BCUT2D eigenvalue weighted by Gasteiger charge is 2.25. The standard InChI is InChI=1S/C11H19NO8S/c1-3-20-10(14)6-7-21(17,18)12-8(11(15)16)4-5-9(13)19-2/h8,12H,3-7H2,1-2H3,(H,15,16). The molecular formula is C11H19NO8S. The number of hydrogen-bond donors (Lipinski definition) is 2. The Balaban J connectivity index is 4.50. The molecule has 10 heteroatoms. The summed E-state index contributed by atoms with van der Waals surface area (Å²) in [6, 6.07) is -1.46. The lowest BCUT2D eigenvalue weighted by atomic mass is 10.2. The van der Waals surface area contributed by atoms with Gasteiger partial charge in [-0.15, -0.1) is 0 Å². The molecule has 0 aliphatic heterocycles. The van der Waals surface area contributed by atoms with E-state index in [9.17, 15) is 22.8 Å². The number of carboxylic acids is 1. The number of carbonyl (C=O) groups is 3. The number of carbonyl (C=O) groups excluding carboxylic acids is 2. The third kappa shape index (κ3) is 8.97. The molecule has 0 aromatic carbocycles. The van der Waals surface area contributed by atoms with Crippen LogP contribution in [-0.2, 0) is 33.9 Å². The third-order valence-corrected chi connectivity index (χ3v) is 3.75. The van der Waals surface area contributed by atoms with Crippen LogP contribution in [0.25, 0.3) is 0 Å². The molecule has 0 amide bonds. The molecule has 0 bridgehead atoms. The Bertz CT molecular complexity index is 473. The minimum Gasteiger partial charge on any atom is -0.480 e. The lowest BCUT2D eigenvalue weighted by Crippen LogP contribution is -2.42. The molecule has 21 heavy (non-hydrogen) atoms. The van der Waals surface area contributed by atoms with Crippen LogP contribution in [0.2, 0.25) is 0 Å². The van der Waals surface area contributed by atoms with Crippen molar-refractivity contribution in [1.82, 2.24) is 4.72 Å². The summed E-state index contributed by atoms with van der Waals surface area (Å²) in [6.45, 7) is 1.71. The minimum atomic E-state index is -3.98.